The molecule has 0 aliphatic rings. The number of rotatable bonds is 5. The number of carbonyl (C=O) groups is 1. The van der Waals surface area contributed by atoms with Crippen LogP contribution in [0, 0.1) is 6.92 Å². The van der Waals surface area contributed by atoms with Crippen LogP contribution in [-0.2, 0) is 12.8 Å². The summed E-state index contributed by atoms with van der Waals surface area (Å²) in [5.74, 6) is 0.123. The van der Waals surface area contributed by atoms with Crippen LogP contribution in [-0.4, -0.2) is 27.8 Å². The van der Waals surface area contributed by atoms with Gasteiger partial charge < -0.3 is 10.4 Å². The average molecular weight is 285 g/mol. The first-order valence-corrected chi connectivity index (χ1v) is 6.99. The Morgan fingerprint density at radius 1 is 1.24 bits per heavy atom. The van der Waals surface area contributed by atoms with Crippen molar-refractivity contribution in [1.29, 1.82) is 0 Å². The zero-order chi connectivity index (χ0) is 15.2. The van der Waals surface area contributed by atoms with Gasteiger partial charge in [-0.1, -0.05) is 19.1 Å². The van der Waals surface area contributed by atoms with Gasteiger partial charge in [0.1, 0.15) is 5.75 Å². The Morgan fingerprint density at radius 3 is 2.62 bits per heavy atom. The third kappa shape index (κ3) is 4.02. The van der Waals surface area contributed by atoms with Gasteiger partial charge >= 0.3 is 0 Å². The van der Waals surface area contributed by atoms with Gasteiger partial charge in [0, 0.05) is 6.54 Å². The number of carbonyl (C=O) groups excluding carboxylic acids is 1. The summed E-state index contributed by atoms with van der Waals surface area (Å²) in [6, 6.07) is 8.74. The number of nitrogens with one attached hydrogen (secondary N) is 1. The molecule has 1 heterocycles. The van der Waals surface area contributed by atoms with Gasteiger partial charge in [-0.05, 0) is 43.5 Å². The summed E-state index contributed by atoms with van der Waals surface area (Å²) in [7, 11) is 0. The Labute approximate surface area is 124 Å². The van der Waals surface area contributed by atoms with Crippen LogP contribution in [0.5, 0.6) is 5.75 Å². The van der Waals surface area contributed by atoms with E-state index in [-0.39, 0.29) is 11.7 Å². The molecule has 0 aliphatic heterocycles. The van der Waals surface area contributed by atoms with Gasteiger partial charge in [0.2, 0.25) is 0 Å². The third-order valence-corrected chi connectivity index (χ3v) is 3.21. The molecule has 1 amide bonds. The van der Waals surface area contributed by atoms with Crippen molar-refractivity contribution < 1.29 is 9.90 Å². The molecule has 5 nitrogen and oxygen atoms in total. The van der Waals surface area contributed by atoms with Gasteiger partial charge in [-0.2, -0.15) is 10.2 Å². The minimum absolute atomic E-state index is 0.122. The van der Waals surface area contributed by atoms with E-state index in [0.717, 1.165) is 11.3 Å². The summed E-state index contributed by atoms with van der Waals surface area (Å²) in [5.41, 5.74) is 3.10. The second-order valence-electron chi connectivity index (χ2n) is 4.87. The lowest BCUT2D eigenvalue weighted by Crippen LogP contribution is -2.27. The topological polar surface area (TPSA) is 75.1 Å². The fourth-order valence-electron chi connectivity index (χ4n) is 2.05. The molecule has 0 radical (unpaired) electrons. The lowest BCUT2D eigenvalue weighted by molar-refractivity contribution is 0.0952. The molecule has 2 N–H and O–H groups in total. The molecule has 2 rings (SSSR count). The molecule has 1 aromatic carbocycles. The van der Waals surface area contributed by atoms with E-state index in [0.29, 0.717) is 30.6 Å². The first-order valence-electron chi connectivity index (χ1n) is 6.99. The number of aromatic hydroxyl groups is 1. The molecule has 0 bridgehead atoms. The minimum Gasteiger partial charge on any atom is -0.508 e. The fourth-order valence-corrected chi connectivity index (χ4v) is 2.05. The number of phenolic OH excluding ortho intramolecular Hbond substituents is 1. The maximum Gasteiger partial charge on any atom is 0.253 e. The summed E-state index contributed by atoms with van der Waals surface area (Å²) in [6.07, 6.45) is 1.39. The first-order chi connectivity index (χ1) is 10.1. The molecule has 2 aromatic rings. The van der Waals surface area contributed by atoms with E-state index in [4.69, 9.17) is 0 Å². The van der Waals surface area contributed by atoms with Crippen molar-refractivity contribution in [2.24, 2.45) is 0 Å². The predicted octanol–water partition coefficient (Wildman–Crippen LogP) is 2.03. The van der Waals surface area contributed by atoms with E-state index < -0.39 is 0 Å². The number of hydrogen-bond acceptors (Lipinski definition) is 4. The third-order valence-electron chi connectivity index (χ3n) is 3.21. The Kier molecular flexibility index (Phi) is 4.87. The highest BCUT2D eigenvalue weighted by molar-refractivity contribution is 5.95. The lowest BCUT2D eigenvalue weighted by Gasteiger charge is -2.08. The van der Waals surface area contributed by atoms with E-state index in [1.165, 1.54) is 0 Å². The standard InChI is InChI=1S/C16H19N3O2/c1-3-15-14(10-11(2)18-19-15)16(21)17-9-8-12-4-6-13(20)7-5-12/h4-7,10,20H,3,8-9H2,1-2H3,(H,17,21). The van der Waals surface area contributed by atoms with Gasteiger partial charge in [-0.15, -0.1) is 0 Å². The second-order valence-corrected chi connectivity index (χ2v) is 4.87. The van der Waals surface area contributed by atoms with Crippen molar-refractivity contribution in [2.45, 2.75) is 26.7 Å². The molecule has 0 aliphatic carbocycles. The Balaban J connectivity index is 1.95. The number of phenols is 1. The molecule has 0 atom stereocenters. The van der Waals surface area contributed by atoms with Crippen LogP contribution in [0.1, 0.15) is 34.2 Å². The van der Waals surface area contributed by atoms with E-state index >= 15 is 0 Å². The molecule has 21 heavy (non-hydrogen) atoms. The summed E-state index contributed by atoms with van der Waals surface area (Å²) in [5, 5.41) is 20.1. The molecule has 0 saturated carbocycles. The van der Waals surface area contributed by atoms with Crippen molar-refractivity contribution in [2.75, 3.05) is 6.54 Å². The van der Waals surface area contributed by atoms with E-state index in [1.54, 1.807) is 18.2 Å². The molecule has 1 aromatic heterocycles. The van der Waals surface area contributed by atoms with Gasteiger partial charge in [-0.25, -0.2) is 0 Å². The van der Waals surface area contributed by atoms with Crippen molar-refractivity contribution >= 4 is 5.91 Å². The molecule has 5 heteroatoms. The summed E-state index contributed by atoms with van der Waals surface area (Å²) in [4.78, 5) is 12.2. The van der Waals surface area contributed by atoms with Crippen molar-refractivity contribution in [3.63, 3.8) is 0 Å². The van der Waals surface area contributed by atoms with Crippen molar-refractivity contribution in [1.82, 2.24) is 15.5 Å². The lowest BCUT2D eigenvalue weighted by atomic mass is 10.1. The highest BCUT2D eigenvalue weighted by Crippen LogP contribution is 2.10. The van der Waals surface area contributed by atoms with Gasteiger partial charge in [0.25, 0.3) is 5.91 Å². The van der Waals surface area contributed by atoms with Gasteiger partial charge in [0.05, 0.1) is 17.0 Å². The first kappa shape index (κ1) is 15.0. The highest BCUT2D eigenvalue weighted by Gasteiger charge is 2.12. The number of hydrogen-bond donors (Lipinski definition) is 2. The molecule has 0 fully saturated rings. The van der Waals surface area contributed by atoms with E-state index in [1.807, 2.05) is 26.0 Å². The van der Waals surface area contributed by atoms with Crippen LogP contribution in [0.3, 0.4) is 0 Å². The number of benzene rings is 1. The zero-order valence-electron chi connectivity index (χ0n) is 12.3. The molecule has 0 unspecified atom stereocenters. The highest BCUT2D eigenvalue weighted by atomic mass is 16.3. The summed E-state index contributed by atoms with van der Waals surface area (Å²) >= 11 is 0. The van der Waals surface area contributed by atoms with Crippen LogP contribution in [0.25, 0.3) is 0 Å². The monoisotopic (exact) mass is 285 g/mol. The molecular formula is C16H19N3O2. The number of nitrogens with zero attached hydrogens (tertiary/aromatic N) is 2. The molecular weight excluding hydrogens is 266 g/mol. The maximum atomic E-state index is 12.2. The zero-order valence-corrected chi connectivity index (χ0v) is 12.3. The fraction of sp³-hybridized carbons (Fsp3) is 0.312. The average Bonchev–Trinajstić information content (AvgIpc) is 2.49. The van der Waals surface area contributed by atoms with Crippen LogP contribution < -0.4 is 5.32 Å². The van der Waals surface area contributed by atoms with E-state index in [9.17, 15) is 9.90 Å². The molecule has 110 valence electrons. The second kappa shape index (κ2) is 6.83. The van der Waals surface area contributed by atoms with Crippen molar-refractivity contribution in [3.8, 4) is 5.75 Å². The quantitative estimate of drug-likeness (QED) is 0.881. The van der Waals surface area contributed by atoms with Crippen LogP contribution in [0.4, 0.5) is 0 Å². The number of aryl methyl sites for hydroxylation is 2. The maximum absolute atomic E-state index is 12.2. The van der Waals surface area contributed by atoms with Gasteiger partial charge in [0.15, 0.2) is 0 Å². The van der Waals surface area contributed by atoms with Crippen LogP contribution in [0.2, 0.25) is 0 Å². The predicted molar refractivity (Wildman–Crippen MR) is 80.3 cm³/mol. The Morgan fingerprint density at radius 2 is 1.95 bits per heavy atom. The Bertz CT molecular complexity index is 624. The summed E-state index contributed by atoms with van der Waals surface area (Å²) < 4.78 is 0. The summed E-state index contributed by atoms with van der Waals surface area (Å²) in [6.45, 7) is 4.31. The molecule has 0 saturated heterocycles. The minimum atomic E-state index is -0.122. The SMILES string of the molecule is CCc1nnc(C)cc1C(=O)NCCc1ccc(O)cc1. The van der Waals surface area contributed by atoms with E-state index in [2.05, 4.69) is 15.5 Å². The normalized spacial score (nSPS) is 10.4. The Hall–Kier alpha value is -2.43. The number of aromatic nitrogens is 2. The van der Waals surface area contributed by atoms with Crippen LogP contribution >= 0.6 is 0 Å². The van der Waals surface area contributed by atoms with Crippen molar-refractivity contribution in [3.05, 3.63) is 52.8 Å². The molecule has 0 spiro atoms. The largest absolute Gasteiger partial charge is 0.508 e. The van der Waals surface area contributed by atoms with Crippen LogP contribution in [0.15, 0.2) is 30.3 Å². The smallest absolute Gasteiger partial charge is 0.253 e. The number of amides is 1. The van der Waals surface area contributed by atoms with Gasteiger partial charge in [-0.3, -0.25) is 4.79 Å².